The standard InChI is InChI=1S/C40H61N6O11PS/c1-2-56-58(50,59)57-20-10-4-3-9-17-42-37(48)15-16-38(49)45-31-33-11-5-6-12-34(33)39-40(35-13-7-8-14-36(35)45)46(44-43-39)19-22-52-24-26-54-28-30-55-29-27-53-25-23-51-21-18-41-32-47/h5-8,11-14,41,47H,2-4,9-10,15-32H2,1H3,(H,42,48)(H,50,59). The number of amides is 2. The summed E-state index contributed by atoms with van der Waals surface area (Å²) in [5.74, 6) is -0.332. The van der Waals surface area contributed by atoms with Crippen molar-refractivity contribution in [2.24, 2.45) is 0 Å². The number of nitrogens with one attached hydrogen (secondary N) is 2. The minimum atomic E-state index is -3.14. The molecule has 0 saturated heterocycles. The molecule has 0 radical (unpaired) electrons. The molecule has 2 amide bonds. The summed E-state index contributed by atoms with van der Waals surface area (Å²) >= 11 is 4.92. The molecule has 0 aliphatic carbocycles. The van der Waals surface area contributed by atoms with Gasteiger partial charge in [-0.2, -0.15) is 0 Å². The highest BCUT2D eigenvalue weighted by atomic mass is 32.5. The van der Waals surface area contributed by atoms with Gasteiger partial charge in [-0.15, -0.1) is 5.10 Å². The Bertz CT molecular complexity index is 1720. The minimum absolute atomic E-state index is 0.0510. The Labute approximate surface area is 352 Å². The third-order valence-corrected chi connectivity index (χ3v) is 10.8. The van der Waals surface area contributed by atoms with Crippen molar-refractivity contribution in [3.63, 3.8) is 0 Å². The molecule has 4 rings (SSSR count). The number of carbonyl (C=O) groups excluding carboxylic acids is 2. The van der Waals surface area contributed by atoms with Gasteiger partial charge in [-0.3, -0.25) is 14.9 Å². The summed E-state index contributed by atoms with van der Waals surface area (Å²) in [5, 5.41) is 23.5. The third-order valence-electron chi connectivity index (χ3n) is 9.06. The van der Waals surface area contributed by atoms with Crippen LogP contribution in [-0.4, -0.2) is 136 Å². The van der Waals surface area contributed by atoms with E-state index in [0.29, 0.717) is 105 Å². The zero-order valence-electron chi connectivity index (χ0n) is 34.1. The Kier molecular flexibility index (Phi) is 23.3. The van der Waals surface area contributed by atoms with Crippen LogP contribution in [0.15, 0.2) is 48.5 Å². The number of carbonyl (C=O) groups is 2. The summed E-state index contributed by atoms with van der Waals surface area (Å²) in [4.78, 5) is 38.3. The lowest BCUT2D eigenvalue weighted by Gasteiger charge is -2.28. The van der Waals surface area contributed by atoms with Crippen LogP contribution in [0, 0.1) is 0 Å². The molecule has 2 aromatic carbocycles. The number of aliphatic hydroxyl groups excluding tert-OH is 1. The summed E-state index contributed by atoms with van der Waals surface area (Å²) in [7, 11) is 0. The quantitative estimate of drug-likeness (QED) is 0.0402. The number of para-hydroxylation sites is 1. The van der Waals surface area contributed by atoms with Crippen LogP contribution >= 0.6 is 6.72 Å². The molecule has 0 fully saturated rings. The lowest BCUT2D eigenvalue weighted by molar-refractivity contribution is -0.125. The minimum Gasteiger partial charge on any atom is -0.381 e. The maximum Gasteiger partial charge on any atom is 0.324 e. The fraction of sp³-hybridized carbons (Fsp3) is 0.600. The molecule has 59 heavy (non-hydrogen) atoms. The van der Waals surface area contributed by atoms with Crippen molar-refractivity contribution < 1.29 is 52.3 Å². The van der Waals surface area contributed by atoms with Crippen molar-refractivity contribution in [2.45, 2.75) is 58.5 Å². The number of aliphatic hydroxyl groups is 1. The van der Waals surface area contributed by atoms with E-state index in [-0.39, 0.29) is 31.4 Å². The van der Waals surface area contributed by atoms with Gasteiger partial charge in [0, 0.05) is 37.1 Å². The number of hydrogen-bond acceptors (Lipinski definition) is 14. The first-order valence-electron chi connectivity index (χ1n) is 20.3. The van der Waals surface area contributed by atoms with Gasteiger partial charge < -0.3 is 52.9 Å². The largest absolute Gasteiger partial charge is 0.381 e. The number of ether oxygens (including phenoxy) is 5. The van der Waals surface area contributed by atoms with Gasteiger partial charge in [-0.05, 0) is 43.2 Å². The van der Waals surface area contributed by atoms with Gasteiger partial charge in [0.25, 0.3) is 0 Å². The van der Waals surface area contributed by atoms with Crippen LogP contribution in [0.1, 0.15) is 51.0 Å². The van der Waals surface area contributed by atoms with Crippen molar-refractivity contribution in [1.29, 1.82) is 0 Å². The molecule has 328 valence electrons. The molecule has 1 atom stereocenters. The van der Waals surface area contributed by atoms with E-state index < -0.39 is 6.72 Å². The molecule has 2 heterocycles. The topological polar surface area (TPSA) is 197 Å². The smallest absolute Gasteiger partial charge is 0.324 e. The molecule has 4 N–H and O–H groups in total. The van der Waals surface area contributed by atoms with Crippen LogP contribution in [0.2, 0.25) is 0 Å². The fourth-order valence-electron chi connectivity index (χ4n) is 6.18. The van der Waals surface area contributed by atoms with E-state index in [1.54, 1.807) is 11.8 Å². The normalized spacial score (nSPS) is 13.2. The molecule has 17 nitrogen and oxygen atoms in total. The summed E-state index contributed by atoms with van der Waals surface area (Å²) in [5.41, 5.74) is 4.87. The fourth-order valence-corrected chi connectivity index (χ4v) is 7.48. The van der Waals surface area contributed by atoms with E-state index in [1.165, 1.54) is 0 Å². The van der Waals surface area contributed by atoms with Gasteiger partial charge in [0.1, 0.15) is 5.69 Å². The second-order valence-electron chi connectivity index (χ2n) is 13.4. The van der Waals surface area contributed by atoms with Crippen molar-refractivity contribution >= 4 is 36.0 Å². The summed E-state index contributed by atoms with van der Waals surface area (Å²) in [6.07, 6.45) is 3.39. The van der Waals surface area contributed by atoms with Crippen molar-refractivity contribution in [1.82, 2.24) is 25.6 Å². The maximum atomic E-state index is 13.9. The van der Waals surface area contributed by atoms with Gasteiger partial charge in [-0.1, -0.05) is 60.5 Å². The SMILES string of the molecule is CCOP(O)(=S)OCCCCCCNC(=O)CCC(=O)N1Cc2ccccc2-c2nnn(CCOCCOCCOCCOCCOCCNCO)c2-c2ccccc21. The average molecular weight is 865 g/mol. The highest BCUT2D eigenvalue weighted by Crippen LogP contribution is 2.43. The molecule has 1 unspecified atom stereocenters. The zero-order valence-corrected chi connectivity index (χ0v) is 35.8. The van der Waals surface area contributed by atoms with Crippen LogP contribution in [0.5, 0.6) is 0 Å². The van der Waals surface area contributed by atoms with E-state index in [2.05, 4.69) is 20.9 Å². The Hall–Kier alpha value is -3.23. The molecule has 0 saturated carbocycles. The first-order valence-corrected chi connectivity index (χ1v) is 22.9. The van der Waals surface area contributed by atoms with Crippen LogP contribution in [0.4, 0.5) is 5.69 Å². The van der Waals surface area contributed by atoms with Crippen molar-refractivity contribution in [3.8, 4) is 22.5 Å². The monoisotopic (exact) mass is 864 g/mol. The summed E-state index contributed by atoms with van der Waals surface area (Å²) in [6, 6.07) is 15.6. The molecule has 0 bridgehead atoms. The average Bonchev–Trinajstić information content (AvgIpc) is 3.64. The Morgan fingerprint density at radius 1 is 0.763 bits per heavy atom. The summed E-state index contributed by atoms with van der Waals surface area (Å²) in [6.45, 7) is 5.55. The number of aromatic nitrogens is 3. The highest BCUT2D eigenvalue weighted by Gasteiger charge is 2.29. The van der Waals surface area contributed by atoms with Crippen LogP contribution in [0.25, 0.3) is 22.5 Å². The van der Waals surface area contributed by atoms with Crippen molar-refractivity contribution in [3.05, 3.63) is 54.1 Å². The van der Waals surface area contributed by atoms with Gasteiger partial charge >= 0.3 is 6.72 Å². The van der Waals surface area contributed by atoms with Crippen LogP contribution in [-0.2, 0) is 67.2 Å². The molecule has 3 aromatic rings. The number of unbranched alkanes of at least 4 members (excludes halogenated alkanes) is 3. The predicted molar refractivity (Wildman–Crippen MR) is 226 cm³/mol. The first kappa shape index (κ1) is 48.4. The number of nitrogens with zero attached hydrogens (tertiary/aromatic N) is 4. The van der Waals surface area contributed by atoms with E-state index in [1.807, 2.05) is 53.2 Å². The number of fused-ring (bicyclic) bond motifs is 5. The maximum absolute atomic E-state index is 13.9. The van der Waals surface area contributed by atoms with E-state index in [0.717, 1.165) is 59.4 Å². The lowest BCUT2D eigenvalue weighted by Crippen LogP contribution is -2.33. The molecule has 0 spiro atoms. The van der Waals surface area contributed by atoms with Crippen molar-refractivity contribution in [2.75, 3.05) is 104 Å². The van der Waals surface area contributed by atoms with Gasteiger partial charge in [0.15, 0.2) is 0 Å². The second-order valence-corrected chi connectivity index (χ2v) is 16.2. The number of anilines is 1. The van der Waals surface area contributed by atoms with Gasteiger partial charge in [0.05, 0.1) is 110 Å². The van der Waals surface area contributed by atoms with Crippen LogP contribution in [0.3, 0.4) is 0 Å². The number of rotatable bonds is 32. The van der Waals surface area contributed by atoms with Gasteiger partial charge in [-0.25, -0.2) is 4.68 Å². The van der Waals surface area contributed by atoms with E-state index in [4.69, 9.17) is 49.6 Å². The summed E-state index contributed by atoms with van der Waals surface area (Å²) < 4.78 is 40.0. The Morgan fingerprint density at radius 3 is 2.08 bits per heavy atom. The highest BCUT2D eigenvalue weighted by molar-refractivity contribution is 8.07. The Morgan fingerprint density at radius 2 is 1.39 bits per heavy atom. The lowest BCUT2D eigenvalue weighted by atomic mass is 9.95. The molecule has 1 aliphatic rings. The first-order chi connectivity index (χ1) is 28.8. The molecule has 19 heteroatoms. The zero-order chi connectivity index (χ0) is 42.0. The second kappa shape index (κ2) is 28.3. The van der Waals surface area contributed by atoms with E-state index in [9.17, 15) is 14.5 Å². The van der Waals surface area contributed by atoms with Crippen LogP contribution < -0.4 is 15.5 Å². The van der Waals surface area contributed by atoms with Gasteiger partial charge in [0.2, 0.25) is 11.8 Å². The molecule has 1 aliphatic heterocycles. The number of benzene rings is 2. The third kappa shape index (κ3) is 17.7. The molecular weight excluding hydrogens is 804 g/mol. The molecular formula is C40H61N6O11PS. The predicted octanol–water partition coefficient (Wildman–Crippen LogP) is 3.81. The Balaban J connectivity index is 1.20. The molecule has 1 aromatic heterocycles. The van der Waals surface area contributed by atoms with E-state index >= 15 is 0 Å². The number of hydrogen-bond donors (Lipinski definition) is 4.